The first kappa shape index (κ1) is 7.67. The minimum Gasteiger partial charge on any atom is -0.270 e. The summed E-state index contributed by atoms with van der Waals surface area (Å²) in [6, 6.07) is 0. The van der Waals surface area contributed by atoms with Gasteiger partial charge in [0.05, 0.1) is 0 Å². The molecule has 2 N–H and O–H groups in total. The zero-order valence-corrected chi connectivity index (χ0v) is 4.38. The van der Waals surface area contributed by atoms with Crippen LogP contribution in [-0.4, -0.2) is 18.0 Å². The summed E-state index contributed by atoms with van der Waals surface area (Å²) >= 11 is 0. The lowest BCUT2D eigenvalue weighted by Gasteiger charge is -2.44. The summed E-state index contributed by atoms with van der Waals surface area (Å²) in [7, 11) is 0. The second kappa shape index (κ2) is 1.42. The molecule has 0 aromatic carbocycles. The van der Waals surface area contributed by atoms with Crippen LogP contribution in [0, 0.1) is 0 Å². The second-order valence-corrected chi connectivity index (χ2v) is 1.84. The Morgan fingerprint density at radius 2 is 1.40 bits per heavy atom. The summed E-state index contributed by atoms with van der Waals surface area (Å²) in [6.45, 7) is 0. The second-order valence-electron chi connectivity index (χ2n) is 1.84. The van der Waals surface area contributed by atoms with Crippen LogP contribution in [0.1, 0.15) is 0 Å². The van der Waals surface area contributed by atoms with Crippen molar-refractivity contribution in [2.24, 2.45) is 5.73 Å². The molecule has 0 radical (unpaired) electrons. The van der Waals surface area contributed by atoms with Gasteiger partial charge in [0.1, 0.15) is 0 Å². The van der Waals surface area contributed by atoms with Gasteiger partial charge in [-0.2, -0.15) is 22.0 Å². The average molecular weight is 163 g/mol. The Kier molecular flexibility index (Phi) is 1.09. The zero-order chi connectivity index (χ0) is 8.21. The van der Waals surface area contributed by atoms with Crippen LogP contribution in [-0.2, 0) is 4.74 Å². The highest BCUT2D eigenvalue weighted by Gasteiger charge is 2.84. The molecule has 0 spiro atoms. The molecular formula is C3H2F5NO. The van der Waals surface area contributed by atoms with Crippen LogP contribution in [0.4, 0.5) is 22.0 Å². The summed E-state index contributed by atoms with van der Waals surface area (Å²) in [6.07, 6.45) is -4.78. The van der Waals surface area contributed by atoms with Crippen LogP contribution in [0.3, 0.4) is 0 Å². The highest BCUT2D eigenvalue weighted by Crippen LogP contribution is 2.54. The number of rotatable bonds is 0. The maximum Gasteiger partial charge on any atom is 0.430 e. The molecule has 1 rings (SSSR count). The fourth-order valence-electron chi connectivity index (χ4n) is 0.467. The van der Waals surface area contributed by atoms with E-state index in [-0.39, 0.29) is 0 Å². The summed E-state index contributed by atoms with van der Waals surface area (Å²) in [5, 5.41) is 0. The van der Waals surface area contributed by atoms with Crippen LogP contribution in [0.2, 0.25) is 0 Å². The maximum atomic E-state index is 11.8. The smallest absolute Gasteiger partial charge is 0.270 e. The molecule has 0 amide bonds. The molecule has 60 valence electrons. The van der Waals surface area contributed by atoms with Crippen LogP contribution in [0.15, 0.2) is 0 Å². The number of nitrogens with two attached hydrogens (primary N) is 1. The molecule has 1 aliphatic heterocycles. The first-order valence-electron chi connectivity index (χ1n) is 2.14. The van der Waals surface area contributed by atoms with E-state index in [1.54, 1.807) is 0 Å². The normalized spacial score (nSPS) is 42.6. The van der Waals surface area contributed by atoms with Crippen molar-refractivity contribution in [2.45, 2.75) is 18.0 Å². The van der Waals surface area contributed by atoms with Gasteiger partial charge in [0.15, 0.2) is 0 Å². The Balaban J connectivity index is 2.85. The summed E-state index contributed by atoms with van der Waals surface area (Å²) in [5.74, 6) is -8.96. The molecule has 0 aromatic rings. The zero-order valence-electron chi connectivity index (χ0n) is 4.38. The molecule has 1 aliphatic rings. The first-order chi connectivity index (χ1) is 4.21. The Bertz CT molecular complexity index is 150. The topological polar surface area (TPSA) is 35.2 Å². The van der Waals surface area contributed by atoms with E-state index in [9.17, 15) is 22.0 Å². The first-order valence-corrected chi connectivity index (χ1v) is 2.14. The standard InChI is InChI=1S/C3H2F5NO/c4-1(5)2(6,7)10-3(1,8)9/h9H2. The molecule has 0 aromatic heterocycles. The quantitative estimate of drug-likeness (QED) is 0.424. The molecule has 10 heavy (non-hydrogen) atoms. The third kappa shape index (κ3) is 0.588. The Morgan fingerprint density at radius 3 is 1.40 bits per heavy atom. The van der Waals surface area contributed by atoms with Gasteiger partial charge < -0.3 is 0 Å². The lowest BCUT2D eigenvalue weighted by Crippen LogP contribution is -2.76. The molecule has 1 fully saturated rings. The van der Waals surface area contributed by atoms with E-state index in [0.717, 1.165) is 0 Å². The lowest BCUT2D eigenvalue weighted by molar-refractivity contribution is -0.547. The van der Waals surface area contributed by atoms with Crippen molar-refractivity contribution in [3.05, 3.63) is 0 Å². The monoisotopic (exact) mass is 163 g/mol. The van der Waals surface area contributed by atoms with E-state index < -0.39 is 18.0 Å². The van der Waals surface area contributed by atoms with Gasteiger partial charge in [-0.15, -0.1) is 0 Å². The van der Waals surface area contributed by atoms with Crippen LogP contribution in [0.25, 0.3) is 0 Å². The molecule has 2 nitrogen and oxygen atoms in total. The number of alkyl halides is 5. The van der Waals surface area contributed by atoms with E-state index in [1.807, 2.05) is 0 Å². The lowest BCUT2D eigenvalue weighted by atomic mass is 10.1. The van der Waals surface area contributed by atoms with Gasteiger partial charge in [0.25, 0.3) is 0 Å². The highest BCUT2D eigenvalue weighted by molar-refractivity contribution is 4.98. The molecule has 0 aliphatic carbocycles. The van der Waals surface area contributed by atoms with Gasteiger partial charge in [-0.05, 0) is 0 Å². The SMILES string of the molecule is NC1(F)OC(F)(F)C1(F)F. The predicted octanol–water partition coefficient (Wildman–Crippen LogP) is 0.827. The van der Waals surface area contributed by atoms with Gasteiger partial charge in [0, 0.05) is 0 Å². The van der Waals surface area contributed by atoms with Crippen molar-refractivity contribution in [1.82, 2.24) is 0 Å². The van der Waals surface area contributed by atoms with E-state index in [2.05, 4.69) is 10.5 Å². The number of hydrogen-bond acceptors (Lipinski definition) is 2. The molecular weight excluding hydrogens is 161 g/mol. The molecule has 1 atom stereocenters. The minimum absolute atomic E-state index is 2.76. The van der Waals surface area contributed by atoms with Crippen molar-refractivity contribution >= 4 is 0 Å². The van der Waals surface area contributed by atoms with Crippen LogP contribution in [0.5, 0.6) is 0 Å². The van der Waals surface area contributed by atoms with E-state index >= 15 is 0 Å². The van der Waals surface area contributed by atoms with Crippen molar-refractivity contribution in [1.29, 1.82) is 0 Å². The van der Waals surface area contributed by atoms with Gasteiger partial charge in [-0.1, -0.05) is 0 Å². The van der Waals surface area contributed by atoms with Gasteiger partial charge >= 0.3 is 18.0 Å². The average Bonchev–Trinajstić information content (AvgIpc) is 1.61. The minimum atomic E-state index is -4.93. The van der Waals surface area contributed by atoms with Gasteiger partial charge in [-0.3, -0.25) is 10.5 Å². The van der Waals surface area contributed by atoms with Crippen LogP contribution < -0.4 is 5.73 Å². The summed E-state index contributed by atoms with van der Waals surface area (Å²) < 4.78 is 61.0. The van der Waals surface area contributed by atoms with E-state index in [0.29, 0.717) is 0 Å². The molecule has 0 bridgehead atoms. The number of hydrogen-bond donors (Lipinski definition) is 1. The van der Waals surface area contributed by atoms with Crippen molar-refractivity contribution in [3.63, 3.8) is 0 Å². The number of halogens is 5. The third-order valence-corrected chi connectivity index (χ3v) is 1.07. The van der Waals surface area contributed by atoms with Crippen molar-refractivity contribution in [3.8, 4) is 0 Å². The maximum absolute atomic E-state index is 11.8. The van der Waals surface area contributed by atoms with Gasteiger partial charge in [-0.25, -0.2) is 0 Å². The van der Waals surface area contributed by atoms with Crippen molar-refractivity contribution in [2.75, 3.05) is 0 Å². The highest BCUT2D eigenvalue weighted by atomic mass is 19.3. The molecule has 1 unspecified atom stereocenters. The molecule has 7 heteroatoms. The Labute approximate surface area is 51.7 Å². The van der Waals surface area contributed by atoms with E-state index in [1.165, 1.54) is 0 Å². The van der Waals surface area contributed by atoms with Gasteiger partial charge in [0.2, 0.25) is 0 Å². The fourth-order valence-corrected chi connectivity index (χ4v) is 0.467. The molecule has 0 saturated carbocycles. The summed E-state index contributed by atoms with van der Waals surface area (Å²) in [5.41, 5.74) is 3.96. The predicted molar refractivity (Wildman–Crippen MR) is 19.0 cm³/mol. The van der Waals surface area contributed by atoms with Crippen LogP contribution >= 0.6 is 0 Å². The molecule has 1 saturated heterocycles. The fraction of sp³-hybridized carbons (Fsp3) is 1.00. The van der Waals surface area contributed by atoms with E-state index in [4.69, 9.17) is 0 Å². The Hall–Kier alpha value is -0.430. The van der Waals surface area contributed by atoms with Crippen molar-refractivity contribution < 1.29 is 26.7 Å². The molecule has 1 heterocycles. The summed E-state index contributed by atoms with van der Waals surface area (Å²) in [4.78, 5) is 0. The number of ether oxygens (including phenoxy) is 1. The third-order valence-electron chi connectivity index (χ3n) is 1.07. The largest absolute Gasteiger partial charge is 0.430 e. The Morgan fingerprint density at radius 1 is 1.00 bits per heavy atom.